The summed E-state index contributed by atoms with van der Waals surface area (Å²) in [5, 5.41) is 5.35. The van der Waals surface area contributed by atoms with Crippen molar-refractivity contribution < 1.29 is 4.79 Å². The number of carbonyl (C=O) groups excluding carboxylic acids is 1. The zero-order chi connectivity index (χ0) is 15.3. The highest BCUT2D eigenvalue weighted by Crippen LogP contribution is 2.09. The van der Waals surface area contributed by atoms with E-state index in [0.717, 1.165) is 0 Å². The summed E-state index contributed by atoms with van der Waals surface area (Å²) in [6, 6.07) is 0.00831. The average molecular weight is 283 g/mol. The van der Waals surface area contributed by atoms with Crippen molar-refractivity contribution in [2.75, 3.05) is 17.6 Å². The van der Waals surface area contributed by atoms with Crippen LogP contribution in [0.4, 0.5) is 11.5 Å². The van der Waals surface area contributed by atoms with Crippen molar-refractivity contribution in [3.05, 3.63) is 20.8 Å². The molecule has 1 aromatic rings. The maximum Gasteiger partial charge on any atom is 0.330 e. The van der Waals surface area contributed by atoms with E-state index in [1.54, 1.807) is 0 Å². The third kappa shape index (κ3) is 3.87. The van der Waals surface area contributed by atoms with Gasteiger partial charge in [0.1, 0.15) is 11.5 Å². The fraction of sp³-hybridized carbons (Fsp3) is 0.583. The molecule has 0 aliphatic carbocycles. The number of rotatable bonds is 6. The summed E-state index contributed by atoms with van der Waals surface area (Å²) in [4.78, 5) is 37.0. The first-order valence-electron chi connectivity index (χ1n) is 6.52. The Morgan fingerprint density at radius 2 is 2.05 bits per heavy atom. The van der Waals surface area contributed by atoms with Gasteiger partial charge in [0.15, 0.2) is 0 Å². The number of H-pyrrole nitrogens is 1. The van der Waals surface area contributed by atoms with Gasteiger partial charge >= 0.3 is 5.69 Å². The van der Waals surface area contributed by atoms with Gasteiger partial charge in [-0.15, -0.1) is 0 Å². The van der Waals surface area contributed by atoms with E-state index in [2.05, 4.69) is 15.6 Å². The van der Waals surface area contributed by atoms with E-state index in [1.165, 1.54) is 4.57 Å². The third-order valence-corrected chi connectivity index (χ3v) is 2.56. The molecule has 0 spiro atoms. The average Bonchev–Trinajstić information content (AvgIpc) is 2.33. The third-order valence-electron chi connectivity index (χ3n) is 2.56. The second-order valence-corrected chi connectivity index (χ2v) is 4.75. The first-order chi connectivity index (χ1) is 9.36. The van der Waals surface area contributed by atoms with E-state index < -0.39 is 11.2 Å². The number of hydrogen-bond acceptors (Lipinski definition) is 5. The smallest absolute Gasteiger partial charge is 0.330 e. The van der Waals surface area contributed by atoms with Gasteiger partial charge in [-0.05, 0) is 20.3 Å². The molecule has 8 nitrogen and oxygen atoms in total. The lowest BCUT2D eigenvalue weighted by atomic mass is 10.3. The predicted molar refractivity (Wildman–Crippen MR) is 77.8 cm³/mol. The van der Waals surface area contributed by atoms with Crippen LogP contribution in [0.3, 0.4) is 0 Å². The fourth-order valence-corrected chi connectivity index (χ4v) is 1.75. The van der Waals surface area contributed by atoms with Crippen LogP contribution in [0.1, 0.15) is 27.2 Å². The number of nitrogen functional groups attached to an aromatic ring is 1. The van der Waals surface area contributed by atoms with E-state index >= 15 is 0 Å². The van der Waals surface area contributed by atoms with E-state index in [1.807, 2.05) is 20.8 Å². The summed E-state index contributed by atoms with van der Waals surface area (Å²) in [7, 11) is 0. The van der Waals surface area contributed by atoms with Gasteiger partial charge in [0.2, 0.25) is 5.91 Å². The molecule has 0 atom stereocenters. The molecule has 1 aromatic heterocycles. The van der Waals surface area contributed by atoms with Crippen molar-refractivity contribution >= 4 is 17.4 Å². The summed E-state index contributed by atoms with van der Waals surface area (Å²) < 4.78 is 1.27. The summed E-state index contributed by atoms with van der Waals surface area (Å²) in [5.74, 6) is -0.218. The minimum absolute atomic E-state index is 0.00831. The first kappa shape index (κ1) is 15.8. The molecule has 0 bridgehead atoms. The fourth-order valence-electron chi connectivity index (χ4n) is 1.75. The van der Waals surface area contributed by atoms with Crippen LogP contribution in [0.5, 0.6) is 0 Å². The van der Waals surface area contributed by atoms with Crippen LogP contribution in [0.2, 0.25) is 0 Å². The molecule has 20 heavy (non-hydrogen) atoms. The summed E-state index contributed by atoms with van der Waals surface area (Å²) >= 11 is 0. The zero-order valence-electron chi connectivity index (χ0n) is 11.9. The van der Waals surface area contributed by atoms with Crippen LogP contribution in [-0.4, -0.2) is 28.0 Å². The summed E-state index contributed by atoms with van der Waals surface area (Å²) in [6.45, 7) is 5.87. The zero-order valence-corrected chi connectivity index (χ0v) is 11.9. The predicted octanol–water partition coefficient (Wildman–Crippen LogP) is -0.535. The van der Waals surface area contributed by atoms with Crippen molar-refractivity contribution in [1.29, 1.82) is 0 Å². The van der Waals surface area contributed by atoms with Gasteiger partial charge in [-0.2, -0.15) is 0 Å². The van der Waals surface area contributed by atoms with Crippen molar-refractivity contribution in [3.63, 3.8) is 0 Å². The number of nitrogens with one attached hydrogen (secondary N) is 3. The maximum absolute atomic E-state index is 11.7. The lowest BCUT2D eigenvalue weighted by molar-refractivity contribution is -0.119. The SMILES string of the molecule is CCCn1c(N)c(NCC(=O)NC(C)C)c(=O)[nH]c1=O. The lowest BCUT2D eigenvalue weighted by Crippen LogP contribution is -2.38. The van der Waals surface area contributed by atoms with Crippen molar-refractivity contribution in [2.24, 2.45) is 0 Å². The summed E-state index contributed by atoms with van der Waals surface area (Å²) in [5.41, 5.74) is 4.67. The number of nitrogens with two attached hydrogens (primary N) is 1. The Morgan fingerprint density at radius 3 is 2.60 bits per heavy atom. The van der Waals surface area contributed by atoms with E-state index in [0.29, 0.717) is 13.0 Å². The Kier molecular flexibility index (Phi) is 5.36. The molecule has 0 saturated heterocycles. The molecule has 0 fully saturated rings. The Bertz CT molecular complexity index is 588. The molecule has 0 aromatic carbocycles. The molecule has 1 amide bonds. The molecular weight excluding hydrogens is 262 g/mol. The topological polar surface area (TPSA) is 122 Å². The maximum atomic E-state index is 11.7. The number of aromatic nitrogens is 2. The van der Waals surface area contributed by atoms with E-state index in [-0.39, 0.29) is 30.0 Å². The van der Waals surface area contributed by atoms with Gasteiger partial charge in [-0.3, -0.25) is 19.1 Å². The van der Waals surface area contributed by atoms with Gasteiger partial charge in [-0.25, -0.2) is 4.79 Å². The number of aromatic amines is 1. The van der Waals surface area contributed by atoms with E-state index in [4.69, 9.17) is 5.73 Å². The molecular formula is C12H21N5O3. The number of amides is 1. The van der Waals surface area contributed by atoms with Crippen molar-refractivity contribution in [2.45, 2.75) is 39.8 Å². The highest BCUT2D eigenvalue weighted by Gasteiger charge is 2.12. The van der Waals surface area contributed by atoms with Gasteiger partial charge < -0.3 is 16.4 Å². The van der Waals surface area contributed by atoms with Crippen LogP contribution in [0.25, 0.3) is 0 Å². The minimum Gasteiger partial charge on any atom is -0.383 e. The normalized spacial score (nSPS) is 10.6. The number of hydrogen-bond donors (Lipinski definition) is 4. The van der Waals surface area contributed by atoms with Crippen LogP contribution in [-0.2, 0) is 11.3 Å². The van der Waals surface area contributed by atoms with Gasteiger partial charge in [0.05, 0.1) is 6.54 Å². The molecule has 0 aliphatic rings. The second kappa shape index (κ2) is 6.78. The molecule has 0 radical (unpaired) electrons. The second-order valence-electron chi connectivity index (χ2n) is 4.75. The highest BCUT2D eigenvalue weighted by molar-refractivity contribution is 5.81. The highest BCUT2D eigenvalue weighted by atomic mass is 16.2. The summed E-state index contributed by atoms with van der Waals surface area (Å²) in [6.07, 6.45) is 0.698. The van der Waals surface area contributed by atoms with Gasteiger partial charge in [0, 0.05) is 12.6 Å². The number of anilines is 2. The molecule has 8 heteroatoms. The Labute approximate surface area is 116 Å². The first-order valence-corrected chi connectivity index (χ1v) is 6.52. The van der Waals surface area contributed by atoms with Crippen LogP contribution in [0, 0.1) is 0 Å². The van der Waals surface area contributed by atoms with Gasteiger partial charge in [-0.1, -0.05) is 6.92 Å². The molecule has 1 heterocycles. The molecule has 1 rings (SSSR count). The monoisotopic (exact) mass is 283 g/mol. The van der Waals surface area contributed by atoms with Crippen LogP contribution in [0.15, 0.2) is 9.59 Å². The van der Waals surface area contributed by atoms with Crippen LogP contribution >= 0.6 is 0 Å². The quantitative estimate of drug-likeness (QED) is 0.559. The molecule has 0 aliphatic heterocycles. The molecule has 5 N–H and O–H groups in total. The minimum atomic E-state index is -0.628. The Morgan fingerprint density at radius 1 is 1.40 bits per heavy atom. The standard InChI is InChI=1S/C12H21N5O3/c1-4-5-17-10(13)9(11(19)16-12(17)20)14-6-8(18)15-7(2)3/h7,14H,4-6,13H2,1-3H3,(H,15,18)(H,16,19,20). The molecule has 0 unspecified atom stereocenters. The van der Waals surface area contributed by atoms with Crippen molar-refractivity contribution in [1.82, 2.24) is 14.9 Å². The van der Waals surface area contributed by atoms with E-state index in [9.17, 15) is 14.4 Å². The Balaban J connectivity index is 2.95. The Hall–Kier alpha value is -2.25. The number of nitrogens with zero attached hydrogens (tertiary/aromatic N) is 1. The number of carbonyl (C=O) groups is 1. The van der Waals surface area contributed by atoms with Crippen molar-refractivity contribution in [3.8, 4) is 0 Å². The van der Waals surface area contributed by atoms with Gasteiger partial charge in [0.25, 0.3) is 5.56 Å². The lowest BCUT2D eigenvalue weighted by Gasteiger charge is -2.14. The molecule has 112 valence electrons. The largest absolute Gasteiger partial charge is 0.383 e. The molecule has 0 saturated carbocycles. The van der Waals surface area contributed by atoms with Crippen LogP contribution < -0.4 is 27.6 Å².